The molecule has 1 aliphatic carbocycles. The first-order valence-corrected chi connectivity index (χ1v) is 10.1. The van der Waals surface area contributed by atoms with Crippen molar-refractivity contribution in [1.29, 1.82) is 0 Å². The number of aliphatic hydroxyl groups is 1. The predicted molar refractivity (Wildman–Crippen MR) is 111 cm³/mol. The minimum Gasteiger partial charge on any atom is -0.437 e. The third-order valence-electron chi connectivity index (χ3n) is 5.74. The molecule has 0 spiro atoms. The number of para-hydroxylation sites is 1. The van der Waals surface area contributed by atoms with Gasteiger partial charge in [0, 0.05) is 29.5 Å². The quantitative estimate of drug-likeness (QED) is 0.435. The Morgan fingerprint density at radius 2 is 1.70 bits per heavy atom. The number of hydrogen-bond donors (Lipinski definition) is 1. The van der Waals surface area contributed by atoms with E-state index in [2.05, 4.69) is 4.98 Å². The lowest BCUT2D eigenvalue weighted by Gasteiger charge is -2.33. The van der Waals surface area contributed by atoms with E-state index in [4.69, 9.17) is 4.42 Å². The highest BCUT2D eigenvalue weighted by atomic mass is 19.1. The molecule has 2 aromatic heterocycles. The van der Waals surface area contributed by atoms with Crippen molar-refractivity contribution in [3.8, 4) is 28.3 Å². The third kappa shape index (κ3) is 3.54. The Morgan fingerprint density at radius 3 is 2.33 bits per heavy atom. The fraction of sp³-hybridized carbons (Fsp3) is 0.167. The van der Waals surface area contributed by atoms with Crippen molar-refractivity contribution in [2.24, 2.45) is 0 Å². The lowest BCUT2D eigenvalue weighted by atomic mass is 9.80. The number of nitrogens with zero attached hydrogens (tertiary/aromatic N) is 2. The summed E-state index contributed by atoms with van der Waals surface area (Å²) in [7, 11) is 0. The second kappa shape index (κ2) is 7.70. The van der Waals surface area contributed by atoms with E-state index in [9.17, 15) is 27.5 Å². The fourth-order valence-electron chi connectivity index (χ4n) is 3.82. The molecule has 0 aliphatic heterocycles. The lowest BCUT2D eigenvalue weighted by Crippen LogP contribution is -2.33. The molecule has 0 bridgehead atoms. The smallest absolute Gasteiger partial charge is 0.255 e. The maximum absolute atomic E-state index is 14.6. The summed E-state index contributed by atoms with van der Waals surface area (Å²) in [6.45, 7) is 0. The molecule has 0 atom stereocenters. The van der Waals surface area contributed by atoms with E-state index in [1.54, 1.807) is 0 Å². The van der Waals surface area contributed by atoms with Gasteiger partial charge in [-0.25, -0.2) is 22.5 Å². The average molecular weight is 456 g/mol. The van der Waals surface area contributed by atoms with Crippen molar-refractivity contribution in [1.82, 2.24) is 9.55 Å². The van der Waals surface area contributed by atoms with Crippen LogP contribution in [-0.4, -0.2) is 14.7 Å². The van der Waals surface area contributed by atoms with Crippen LogP contribution >= 0.6 is 0 Å². The average Bonchev–Trinajstić information content (AvgIpc) is 3.18. The maximum Gasteiger partial charge on any atom is 0.255 e. The summed E-state index contributed by atoms with van der Waals surface area (Å²) in [6.07, 6.45) is 2.66. The molecule has 0 radical (unpaired) electrons. The Hall–Kier alpha value is -3.72. The van der Waals surface area contributed by atoms with Gasteiger partial charge in [-0.1, -0.05) is 6.07 Å². The van der Waals surface area contributed by atoms with Crippen LogP contribution in [-0.2, 0) is 5.60 Å². The number of oxazole rings is 1. The van der Waals surface area contributed by atoms with E-state index in [-0.39, 0.29) is 28.5 Å². The molecule has 168 valence electrons. The van der Waals surface area contributed by atoms with Crippen LogP contribution in [0.15, 0.2) is 63.9 Å². The number of rotatable bonds is 4. The van der Waals surface area contributed by atoms with Crippen molar-refractivity contribution in [2.75, 3.05) is 0 Å². The SMILES string of the molecule is O=c1ccc(-c2oc(C3(O)CCC3)nc2-c2ccc(F)cc2F)cn1-c1c(F)cccc1F. The molecule has 2 heterocycles. The highest BCUT2D eigenvalue weighted by Gasteiger charge is 2.42. The minimum absolute atomic E-state index is 0.0398. The Balaban J connectivity index is 1.73. The van der Waals surface area contributed by atoms with Gasteiger partial charge in [-0.05, 0) is 49.6 Å². The minimum atomic E-state index is -1.34. The zero-order valence-electron chi connectivity index (χ0n) is 17.0. The second-order valence-electron chi connectivity index (χ2n) is 7.90. The predicted octanol–water partition coefficient (Wildman–Crippen LogP) is 5.09. The molecule has 2 aromatic carbocycles. The summed E-state index contributed by atoms with van der Waals surface area (Å²) < 4.78 is 63.4. The summed E-state index contributed by atoms with van der Waals surface area (Å²) in [5, 5.41) is 10.7. The molecule has 5 nitrogen and oxygen atoms in total. The van der Waals surface area contributed by atoms with Crippen LogP contribution in [0.2, 0.25) is 0 Å². The highest BCUT2D eigenvalue weighted by molar-refractivity contribution is 5.77. The van der Waals surface area contributed by atoms with Gasteiger partial charge in [0.05, 0.1) is 0 Å². The second-order valence-corrected chi connectivity index (χ2v) is 7.90. The lowest BCUT2D eigenvalue weighted by molar-refractivity contribution is -0.0606. The Labute approximate surface area is 184 Å². The molecule has 5 rings (SSSR count). The zero-order chi connectivity index (χ0) is 23.3. The number of aromatic nitrogens is 2. The van der Waals surface area contributed by atoms with Gasteiger partial charge in [0.2, 0.25) is 5.89 Å². The summed E-state index contributed by atoms with van der Waals surface area (Å²) in [5.41, 5.74) is -2.63. The molecule has 1 aliphatic rings. The highest BCUT2D eigenvalue weighted by Crippen LogP contribution is 2.44. The zero-order valence-corrected chi connectivity index (χ0v) is 17.0. The van der Waals surface area contributed by atoms with Crippen molar-refractivity contribution in [2.45, 2.75) is 24.9 Å². The first-order chi connectivity index (χ1) is 15.8. The van der Waals surface area contributed by atoms with Gasteiger partial charge in [-0.2, -0.15) is 0 Å². The van der Waals surface area contributed by atoms with Crippen molar-refractivity contribution < 1.29 is 27.1 Å². The van der Waals surface area contributed by atoms with Crippen molar-refractivity contribution in [3.05, 3.63) is 94.2 Å². The van der Waals surface area contributed by atoms with E-state index in [0.717, 1.165) is 41.5 Å². The Bertz CT molecular complexity index is 1420. The summed E-state index contributed by atoms with van der Waals surface area (Å²) in [5.74, 6) is -3.71. The van der Waals surface area contributed by atoms with Gasteiger partial charge < -0.3 is 9.52 Å². The molecular weight excluding hydrogens is 440 g/mol. The van der Waals surface area contributed by atoms with Crippen LogP contribution < -0.4 is 5.56 Å². The van der Waals surface area contributed by atoms with Crippen LogP contribution in [0.5, 0.6) is 0 Å². The first-order valence-electron chi connectivity index (χ1n) is 10.1. The standard InChI is InChI=1S/C24H16F4N2O3/c25-14-6-7-15(18(28)11-14)20-22(33-23(29-20)24(32)9-2-10-24)13-5-8-19(31)30(12-13)21-16(26)3-1-4-17(21)27/h1,3-8,11-12,32H,2,9-10H2. The van der Waals surface area contributed by atoms with Crippen LogP contribution in [0.3, 0.4) is 0 Å². The van der Waals surface area contributed by atoms with Gasteiger partial charge in [-0.15, -0.1) is 0 Å². The molecule has 1 saturated carbocycles. The van der Waals surface area contributed by atoms with Crippen LogP contribution in [0.25, 0.3) is 28.3 Å². The first kappa shape index (κ1) is 21.1. The molecule has 9 heteroatoms. The van der Waals surface area contributed by atoms with E-state index in [1.165, 1.54) is 18.2 Å². The Kier molecular flexibility index (Phi) is 4.93. The Morgan fingerprint density at radius 1 is 0.970 bits per heavy atom. The number of pyridine rings is 1. The number of halogens is 4. The molecule has 1 fully saturated rings. The summed E-state index contributed by atoms with van der Waals surface area (Å²) >= 11 is 0. The number of benzene rings is 2. The van der Waals surface area contributed by atoms with Gasteiger partial charge in [-0.3, -0.25) is 9.36 Å². The van der Waals surface area contributed by atoms with Gasteiger partial charge in [0.25, 0.3) is 5.56 Å². The molecule has 1 N–H and O–H groups in total. The van der Waals surface area contributed by atoms with E-state index in [1.807, 2.05) is 0 Å². The normalized spacial score (nSPS) is 14.8. The molecule has 33 heavy (non-hydrogen) atoms. The topological polar surface area (TPSA) is 68.3 Å². The number of hydrogen-bond acceptors (Lipinski definition) is 4. The van der Waals surface area contributed by atoms with Crippen molar-refractivity contribution >= 4 is 0 Å². The largest absolute Gasteiger partial charge is 0.437 e. The third-order valence-corrected chi connectivity index (χ3v) is 5.74. The fourth-order valence-corrected chi connectivity index (χ4v) is 3.82. The maximum atomic E-state index is 14.6. The molecule has 0 saturated heterocycles. The molecule has 4 aromatic rings. The van der Waals surface area contributed by atoms with E-state index >= 15 is 0 Å². The van der Waals surface area contributed by atoms with Gasteiger partial charge in [0.15, 0.2) is 5.76 Å². The van der Waals surface area contributed by atoms with Crippen LogP contribution in [0.4, 0.5) is 17.6 Å². The summed E-state index contributed by atoms with van der Waals surface area (Å²) in [4.78, 5) is 16.7. The van der Waals surface area contributed by atoms with Crippen molar-refractivity contribution in [3.63, 3.8) is 0 Å². The molecule has 0 amide bonds. The summed E-state index contributed by atoms with van der Waals surface area (Å²) in [6, 6.07) is 8.49. The van der Waals surface area contributed by atoms with Gasteiger partial charge >= 0.3 is 0 Å². The van der Waals surface area contributed by atoms with Gasteiger partial charge in [0.1, 0.15) is 40.3 Å². The van der Waals surface area contributed by atoms with E-state index in [0.29, 0.717) is 18.9 Å². The van der Waals surface area contributed by atoms with Crippen LogP contribution in [0, 0.1) is 23.3 Å². The molecule has 0 unspecified atom stereocenters. The van der Waals surface area contributed by atoms with Crippen LogP contribution in [0.1, 0.15) is 25.2 Å². The van der Waals surface area contributed by atoms with E-state index < -0.39 is 40.1 Å². The molecular formula is C24H16F4N2O3. The monoisotopic (exact) mass is 456 g/mol.